The Balaban J connectivity index is 1.58. The third kappa shape index (κ3) is 5.28. The average molecular weight is 580 g/mol. The van der Waals surface area contributed by atoms with Gasteiger partial charge in [0.05, 0.1) is 31.2 Å². The highest BCUT2D eigenvalue weighted by Gasteiger charge is 2.60. The first-order valence-corrected chi connectivity index (χ1v) is 14.9. The fourth-order valence-electron chi connectivity index (χ4n) is 4.91. The number of carboxylic acids is 1. The average Bonchev–Trinajstić information content (AvgIpc) is 3.37. The van der Waals surface area contributed by atoms with E-state index < -0.39 is 57.1 Å². The summed E-state index contributed by atoms with van der Waals surface area (Å²) in [6.07, 6.45) is 2.51. The quantitative estimate of drug-likeness (QED) is 0.166. The van der Waals surface area contributed by atoms with Gasteiger partial charge in [-0.15, -0.1) is 0 Å². The van der Waals surface area contributed by atoms with Gasteiger partial charge in [-0.25, -0.2) is 19.6 Å². The van der Waals surface area contributed by atoms with Crippen LogP contribution in [0.1, 0.15) is 19.5 Å². The molecule has 6 N–H and O–H groups in total. The van der Waals surface area contributed by atoms with Crippen molar-refractivity contribution in [1.29, 1.82) is 0 Å². The number of rotatable bonds is 11. The lowest BCUT2D eigenvalue weighted by molar-refractivity contribution is -0.688. The maximum Gasteiger partial charge on any atom is 0.352 e. The minimum atomic E-state index is -4.25. The van der Waals surface area contributed by atoms with Crippen molar-refractivity contribution in [2.45, 2.75) is 39.1 Å². The Morgan fingerprint density at radius 2 is 2.00 bits per heavy atom. The van der Waals surface area contributed by atoms with Crippen LogP contribution in [0.2, 0.25) is 0 Å². The summed E-state index contributed by atoms with van der Waals surface area (Å²) in [4.78, 5) is 26.6. The van der Waals surface area contributed by atoms with E-state index in [0.717, 1.165) is 9.14 Å². The zero-order valence-electron chi connectivity index (χ0n) is 19.8. The molecule has 37 heavy (non-hydrogen) atoms. The van der Waals surface area contributed by atoms with E-state index in [1.54, 1.807) is 26.9 Å². The second-order valence-electron chi connectivity index (χ2n) is 8.98. The third-order valence-electron chi connectivity index (χ3n) is 6.56. The fraction of sp³-hybridized carbons (Fsp3) is 0.526. The van der Waals surface area contributed by atoms with Crippen LogP contribution in [-0.4, -0.2) is 77.8 Å². The van der Waals surface area contributed by atoms with Crippen molar-refractivity contribution >= 4 is 48.6 Å². The van der Waals surface area contributed by atoms with Crippen LogP contribution in [0.15, 0.2) is 29.2 Å². The molecule has 15 nitrogen and oxygen atoms in total. The Morgan fingerprint density at radius 1 is 1.32 bits per heavy atom. The van der Waals surface area contributed by atoms with Crippen molar-refractivity contribution in [1.82, 2.24) is 13.6 Å². The molecule has 2 aliphatic rings. The number of hydrogen-bond acceptors (Lipinski definition) is 9. The number of fused-ring (bicyclic) bond motifs is 2. The highest BCUT2D eigenvalue weighted by Crippen LogP contribution is 2.47. The van der Waals surface area contributed by atoms with Gasteiger partial charge in [0, 0.05) is 23.4 Å². The molecule has 0 bridgehead atoms. The number of β-lactam (4-membered cyclic amide) rings is 1. The lowest BCUT2D eigenvalue weighted by Gasteiger charge is -2.46. The van der Waals surface area contributed by atoms with Crippen molar-refractivity contribution < 1.29 is 45.4 Å². The Bertz CT molecular complexity index is 1490. The second-order valence-corrected chi connectivity index (χ2v) is 12.6. The Morgan fingerprint density at radius 3 is 2.57 bits per heavy atom. The van der Waals surface area contributed by atoms with Gasteiger partial charge in [0.1, 0.15) is 24.1 Å². The van der Waals surface area contributed by atoms with Crippen LogP contribution in [0.4, 0.5) is 0 Å². The predicted molar refractivity (Wildman–Crippen MR) is 128 cm³/mol. The normalized spacial score (nSPS) is 23.1. The largest absolute Gasteiger partial charge is 0.477 e. The van der Waals surface area contributed by atoms with E-state index in [9.17, 15) is 36.6 Å². The topological polar surface area (TPSA) is 219 Å². The molecule has 2 aromatic heterocycles. The number of hydrogen-bond donors (Lipinski definition) is 4. The molecule has 1 fully saturated rings. The molecular formula is C19H27N6O9S3+. The summed E-state index contributed by atoms with van der Waals surface area (Å²) in [7, 11) is -8.47. The van der Waals surface area contributed by atoms with Crippen molar-refractivity contribution in [3.63, 3.8) is 0 Å². The zero-order valence-corrected chi connectivity index (χ0v) is 22.2. The number of nitrogens with zero attached hydrogens (tertiary/aromatic N) is 4. The smallest absolute Gasteiger partial charge is 0.352 e. The highest BCUT2D eigenvalue weighted by atomic mass is 32.2. The summed E-state index contributed by atoms with van der Waals surface area (Å²) >= 11 is 1.30. The van der Waals surface area contributed by atoms with E-state index in [4.69, 9.17) is 10.3 Å². The van der Waals surface area contributed by atoms with Crippen LogP contribution in [0.3, 0.4) is 0 Å². The van der Waals surface area contributed by atoms with Crippen LogP contribution in [-0.2, 0) is 47.4 Å². The number of aliphatic carboxylic acids is 1. The lowest BCUT2D eigenvalue weighted by Crippen LogP contribution is -2.63. The van der Waals surface area contributed by atoms with E-state index in [-0.39, 0.29) is 31.2 Å². The number of aromatic nitrogens is 2. The molecule has 18 heteroatoms. The van der Waals surface area contributed by atoms with Gasteiger partial charge < -0.3 is 15.1 Å². The Hall–Kier alpha value is -2.45. The third-order valence-corrected chi connectivity index (χ3v) is 9.02. The van der Waals surface area contributed by atoms with Crippen molar-refractivity contribution in [3.05, 3.63) is 34.9 Å². The summed E-state index contributed by atoms with van der Waals surface area (Å²) in [6.45, 7) is 2.40. The summed E-state index contributed by atoms with van der Waals surface area (Å²) < 4.78 is 54.7. The van der Waals surface area contributed by atoms with Gasteiger partial charge in [0.2, 0.25) is 17.1 Å². The molecule has 0 unspecified atom stereocenters. The molecule has 0 aliphatic carbocycles. The first kappa shape index (κ1) is 27.6. The SMILES string of the molecule is C[C@@H](O)[C@H]1C(=O)N2C(C(=O)O)=C(C[n+]3cc4scc(CN(CCOS(N)(=O)=O)S(N)(=O)=O)n4c3)[C@H](C)[C@H]12. The summed E-state index contributed by atoms with van der Waals surface area (Å²) in [5, 5.41) is 31.6. The molecule has 204 valence electrons. The van der Waals surface area contributed by atoms with E-state index in [1.807, 2.05) is 6.92 Å². The van der Waals surface area contributed by atoms with Crippen molar-refractivity contribution in [2.24, 2.45) is 22.1 Å². The van der Waals surface area contributed by atoms with Crippen LogP contribution in [0, 0.1) is 11.8 Å². The van der Waals surface area contributed by atoms with Gasteiger partial charge in [-0.05, 0) is 6.92 Å². The summed E-state index contributed by atoms with van der Waals surface area (Å²) in [6, 6.07) is -0.434. The standard InChI is InChI=1S/C19H26N6O9S3/c1-10-13(17(19(28)29)25-16(10)15(11(2)26)18(25)27)6-22-7-14-24(9-22)12(8-35-14)5-23(36(20,30)31)3-4-34-37(21,32)33/h7-11,15-16,26H,3-6H2,1-2H3,(H4-,20,21,28,29,30,31,32,33)/p+1/t10-,11+,15+,16+/m0/s1. The predicted octanol–water partition coefficient (Wildman–Crippen LogP) is -2.29. The van der Waals surface area contributed by atoms with Gasteiger partial charge in [-0.2, -0.15) is 25.5 Å². The molecule has 4 heterocycles. The Kier molecular flexibility index (Phi) is 7.23. The van der Waals surface area contributed by atoms with Crippen LogP contribution in [0.5, 0.6) is 0 Å². The van der Waals surface area contributed by atoms with Gasteiger partial charge in [0.25, 0.3) is 10.2 Å². The number of imidazole rings is 1. The number of carbonyl (C=O) groups excluding carboxylic acids is 1. The molecule has 2 aliphatic heterocycles. The maximum atomic E-state index is 12.5. The lowest BCUT2D eigenvalue weighted by atomic mass is 9.78. The number of aliphatic hydroxyl groups is 1. The molecule has 0 spiro atoms. The maximum absolute atomic E-state index is 12.5. The molecule has 0 aromatic carbocycles. The first-order chi connectivity index (χ1) is 17.1. The van der Waals surface area contributed by atoms with Gasteiger partial charge in [-0.1, -0.05) is 18.3 Å². The number of carboxylic acid groups (broad SMARTS) is 1. The minimum Gasteiger partial charge on any atom is -0.477 e. The first-order valence-electron chi connectivity index (χ1n) is 11.0. The molecule has 2 aromatic rings. The molecule has 4 atom stereocenters. The summed E-state index contributed by atoms with van der Waals surface area (Å²) in [5.74, 6) is -2.61. The molecule has 0 saturated carbocycles. The van der Waals surface area contributed by atoms with Gasteiger partial charge >= 0.3 is 16.3 Å². The van der Waals surface area contributed by atoms with Crippen LogP contribution >= 0.6 is 11.3 Å². The zero-order chi connectivity index (χ0) is 27.4. The molecule has 4 rings (SSSR count). The van der Waals surface area contributed by atoms with Crippen molar-refractivity contribution in [2.75, 3.05) is 13.2 Å². The number of amides is 1. The van der Waals surface area contributed by atoms with Crippen LogP contribution in [0.25, 0.3) is 4.83 Å². The number of aliphatic hydroxyl groups excluding tert-OH is 1. The molecular weight excluding hydrogens is 552 g/mol. The highest BCUT2D eigenvalue weighted by molar-refractivity contribution is 7.86. The molecule has 1 amide bonds. The Labute approximate surface area is 216 Å². The monoisotopic (exact) mass is 579 g/mol. The minimum absolute atomic E-state index is 0.0862. The number of thiazole rings is 1. The fourth-order valence-corrected chi connectivity index (χ4v) is 6.78. The van der Waals surface area contributed by atoms with Crippen molar-refractivity contribution in [3.8, 4) is 0 Å². The van der Waals surface area contributed by atoms with E-state index in [1.165, 1.54) is 23.2 Å². The number of nitrogens with two attached hydrogens (primary N) is 2. The second kappa shape index (κ2) is 9.70. The van der Waals surface area contributed by atoms with E-state index >= 15 is 0 Å². The van der Waals surface area contributed by atoms with Gasteiger partial charge in [0.15, 0.2) is 0 Å². The van der Waals surface area contributed by atoms with Gasteiger partial charge in [-0.3, -0.25) is 8.98 Å². The number of carbonyl (C=O) groups is 2. The van der Waals surface area contributed by atoms with E-state index in [2.05, 4.69) is 4.18 Å². The van der Waals surface area contributed by atoms with Crippen LogP contribution < -0.4 is 14.8 Å². The van der Waals surface area contributed by atoms with E-state index in [0.29, 0.717) is 11.3 Å². The molecule has 0 radical (unpaired) electrons. The summed E-state index contributed by atoms with van der Waals surface area (Å²) in [5.41, 5.74) is 0.963. The molecule has 1 saturated heterocycles.